The monoisotopic (exact) mass is 269 g/mol. The maximum absolute atomic E-state index is 11.9. The summed E-state index contributed by atoms with van der Waals surface area (Å²) < 4.78 is 0. The van der Waals surface area contributed by atoms with Gasteiger partial charge in [0, 0.05) is 12.1 Å². The van der Waals surface area contributed by atoms with Crippen LogP contribution in [0.5, 0.6) is 0 Å². The number of fused-ring (bicyclic) bond motifs is 1. The van der Waals surface area contributed by atoms with Crippen molar-refractivity contribution in [3.63, 3.8) is 0 Å². The lowest BCUT2D eigenvalue weighted by Crippen LogP contribution is -2.16. The average molecular weight is 269 g/mol. The standard InChI is InChI=1S/C15H15N3O2/c1-8(2)10-7-12(18-14(19)9-3-4-9)17-11-5-6-16-15(20)13(10)11/h5-7,9H,1,3-4H2,2H3,(H,16,20)(H,17,18,19). The molecule has 0 aliphatic heterocycles. The predicted molar refractivity (Wildman–Crippen MR) is 78.4 cm³/mol. The van der Waals surface area contributed by atoms with E-state index in [2.05, 4.69) is 21.9 Å². The summed E-state index contributed by atoms with van der Waals surface area (Å²) >= 11 is 0. The lowest BCUT2D eigenvalue weighted by Gasteiger charge is -2.09. The number of carbonyl (C=O) groups excluding carboxylic acids is 1. The van der Waals surface area contributed by atoms with Gasteiger partial charge < -0.3 is 10.3 Å². The van der Waals surface area contributed by atoms with E-state index in [0.29, 0.717) is 22.3 Å². The lowest BCUT2D eigenvalue weighted by atomic mass is 10.0. The third-order valence-electron chi connectivity index (χ3n) is 3.39. The lowest BCUT2D eigenvalue weighted by molar-refractivity contribution is -0.117. The minimum absolute atomic E-state index is 0.00523. The van der Waals surface area contributed by atoms with Crippen molar-refractivity contribution in [2.75, 3.05) is 5.32 Å². The summed E-state index contributed by atoms with van der Waals surface area (Å²) in [4.78, 5) is 30.7. The van der Waals surface area contributed by atoms with Gasteiger partial charge in [0.15, 0.2) is 0 Å². The quantitative estimate of drug-likeness (QED) is 0.897. The van der Waals surface area contributed by atoms with E-state index >= 15 is 0 Å². The van der Waals surface area contributed by atoms with Crippen molar-refractivity contribution in [2.45, 2.75) is 19.8 Å². The summed E-state index contributed by atoms with van der Waals surface area (Å²) in [5.41, 5.74) is 1.83. The zero-order valence-corrected chi connectivity index (χ0v) is 11.2. The van der Waals surface area contributed by atoms with E-state index in [1.165, 1.54) is 0 Å². The number of allylic oxidation sites excluding steroid dienone is 1. The Hall–Kier alpha value is -2.43. The molecule has 2 heterocycles. The molecule has 1 fully saturated rings. The highest BCUT2D eigenvalue weighted by Crippen LogP contribution is 2.30. The van der Waals surface area contributed by atoms with E-state index in [9.17, 15) is 9.59 Å². The number of aromatic nitrogens is 2. The molecule has 0 bridgehead atoms. The highest BCUT2D eigenvalue weighted by atomic mass is 16.2. The molecule has 1 amide bonds. The van der Waals surface area contributed by atoms with Gasteiger partial charge in [-0.3, -0.25) is 9.59 Å². The first-order chi connectivity index (χ1) is 9.56. The molecule has 2 N–H and O–H groups in total. The van der Waals surface area contributed by atoms with Gasteiger partial charge in [0.1, 0.15) is 5.82 Å². The number of pyridine rings is 2. The normalized spacial score (nSPS) is 14.2. The number of hydrogen-bond acceptors (Lipinski definition) is 3. The van der Waals surface area contributed by atoms with E-state index in [1.807, 2.05) is 6.92 Å². The van der Waals surface area contributed by atoms with E-state index in [4.69, 9.17) is 0 Å². The number of H-pyrrole nitrogens is 1. The SMILES string of the molecule is C=C(C)c1cc(NC(=O)C2CC2)nc2cc[nH]c(=O)c12. The van der Waals surface area contributed by atoms with Crippen LogP contribution < -0.4 is 10.9 Å². The van der Waals surface area contributed by atoms with Gasteiger partial charge in [0.25, 0.3) is 5.56 Å². The molecule has 0 atom stereocenters. The largest absolute Gasteiger partial charge is 0.328 e. The van der Waals surface area contributed by atoms with Crippen molar-refractivity contribution in [2.24, 2.45) is 5.92 Å². The Morgan fingerprint density at radius 3 is 2.90 bits per heavy atom. The number of amides is 1. The number of rotatable bonds is 3. The number of nitrogens with one attached hydrogen (secondary N) is 2. The van der Waals surface area contributed by atoms with Crippen molar-refractivity contribution >= 4 is 28.2 Å². The topological polar surface area (TPSA) is 74.8 Å². The number of hydrogen-bond donors (Lipinski definition) is 2. The average Bonchev–Trinajstić information content (AvgIpc) is 3.22. The summed E-state index contributed by atoms with van der Waals surface area (Å²) in [5, 5.41) is 3.31. The van der Waals surface area contributed by atoms with Gasteiger partial charge in [-0.05, 0) is 37.5 Å². The Morgan fingerprint density at radius 1 is 1.50 bits per heavy atom. The van der Waals surface area contributed by atoms with E-state index in [-0.39, 0.29) is 17.4 Å². The third-order valence-corrected chi connectivity index (χ3v) is 3.39. The number of carbonyl (C=O) groups is 1. The molecule has 3 rings (SSSR count). The third kappa shape index (κ3) is 2.22. The van der Waals surface area contributed by atoms with E-state index in [1.54, 1.807) is 18.3 Å². The molecule has 2 aromatic rings. The summed E-state index contributed by atoms with van der Waals surface area (Å²) in [7, 11) is 0. The van der Waals surface area contributed by atoms with Gasteiger partial charge in [-0.15, -0.1) is 0 Å². The highest BCUT2D eigenvalue weighted by Gasteiger charge is 2.30. The van der Waals surface area contributed by atoms with Crippen LogP contribution in [-0.4, -0.2) is 15.9 Å². The molecule has 1 saturated carbocycles. The maximum Gasteiger partial charge on any atom is 0.258 e. The second-order valence-electron chi connectivity index (χ2n) is 5.17. The van der Waals surface area contributed by atoms with Crippen LogP contribution in [0.3, 0.4) is 0 Å². The summed E-state index contributed by atoms with van der Waals surface area (Å²) in [5.74, 6) is 0.576. The first-order valence-electron chi connectivity index (χ1n) is 6.55. The molecular weight excluding hydrogens is 254 g/mol. The van der Waals surface area contributed by atoms with Crippen LogP contribution in [0.15, 0.2) is 29.7 Å². The van der Waals surface area contributed by atoms with Crippen LogP contribution in [0.25, 0.3) is 16.5 Å². The molecule has 20 heavy (non-hydrogen) atoms. The first kappa shape index (κ1) is 12.6. The Morgan fingerprint density at radius 2 is 2.25 bits per heavy atom. The van der Waals surface area contributed by atoms with Crippen LogP contribution in [0.4, 0.5) is 5.82 Å². The van der Waals surface area contributed by atoms with E-state index < -0.39 is 0 Å². The Bertz CT molecular complexity index is 772. The molecule has 1 aliphatic carbocycles. The van der Waals surface area contributed by atoms with Crippen molar-refractivity contribution < 1.29 is 4.79 Å². The minimum Gasteiger partial charge on any atom is -0.328 e. The van der Waals surface area contributed by atoms with E-state index in [0.717, 1.165) is 18.4 Å². The number of anilines is 1. The van der Waals surface area contributed by atoms with Gasteiger partial charge in [-0.1, -0.05) is 12.2 Å². The van der Waals surface area contributed by atoms with Crippen molar-refractivity contribution in [1.29, 1.82) is 0 Å². The second kappa shape index (κ2) is 4.59. The van der Waals surface area contributed by atoms with Crippen LogP contribution in [0, 0.1) is 5.92 Å². The Balaban J connectivity index is 2.13. The Labute approximate surface area is 115 Å². The van der Waals surface area contributed by atoms with Gasteiger partial charge in [0.2, 0.25) is 5.91 Å². The smallest absolute Gasteiger partial charge is 0.258 e. The maximum atomic E-state index is 11.9. The van der Waals surface area contributed by atoms with Gasteiger partial charge in [-0.25, -0.2) is 4.98 Å². The van der Waals surface area contributed by atoms with Gasteiger partial charge >= 0.3 is 0 Å². The number of nitrogens with zero attached hydrogens (tertiary/aromatic N) is 1. The zero-order chi connectivity index (χ0) is 14.3. The molecular formula is C15H15N3O2. The molecule has 5 nitrogen and oxygen atoms in total. The molecule has 0 spiro atoms. The fourth-order valence-electron chi connectivity index (χ4n) is 2.17. The molecule has 0 radical (unpaired) electrons. The molecule has 0 aromatic carbocycles. The zero-order valence-electron chi connectivity index (χ0n) is 11.2. The van der Waals surface area contributed by atoms with Crippen LogP contribution in [0.1, 0.15) is 25.3 Å². The molecule has 5 heteroatoms. The molecule has 102 valence electrons. The van der Waals surface area contributed by atoms with Crippen molar-refractivity contribution in [1.82, 2.24) is 9.97 Å². The number of aromatic amines is 1. The van der Waals surface area contributed by atoms with Crippen LogP contribution in [0.2, 0.25) is 0 Å². The van der Waals surface area contributed by atoms with Crippen LogP contribution in [-0.2, 0) is 4.79 Å². The Kier molecular flexibility index (Phi) is 2.89. The molecule has 1 aliphatic rings. The fourth-order valence-corrected chi connectivity index (χ4v) is 2.17. The summed E-state index contributed by atoms with van der Waals surface area (Å²) in [6.45, 7) is 5.72. The minimum atomic E-state index is -0.201. The fraction of sp³-hybridized carbons (Fsp3) is 0.267. The summed E-state index contributed by atoms with van der Waals surface area (Å²) in [6.07, 6.45) is 3.42. The van der Waals surface area contributed by atoms with Crippen molar-refractivity contribution in [3.05, 3.63) is 40.8 Å². The molecule has 2 aromatic heterocycles. The highest BCUT2D eigenvalue weighted by molar-refractivity contribution is 5.97. The van der Waals surface area contributed by atoms with Gasteiger partial charge in [0.05, 0.1) is 10.9 Å². The van der Waals surface area contributed by atoms with Crippen molar-refractivity contribution in [3.8, 4) is 0 Å². The second-order valence-corrected chi connectivity index (χ2v) is 5.17. The van der Waals surface area contributed by atoms with Gasteiger partial charge in [-0.2, -0.15) is 0 Å². The van der Waals surface area contributed by atoms with Crippen LogP contribution >= 0.6 is 0 Å². The molecule has 0 saturated heterocycles. The summed E-state index contributed by atoms with van der Waals surface area (Å²) in [6, 6.07) is 3.43. The molecule has 0 unspecified atom stereocenters. The predicted octanol–water partition coefficient (Wildman–Crippen LogP) is 2.30. The first-order valence-corrected chi connectivity index (χ1v) is 6.55.